The van der Waals surface area contributed by atoms with Crippen molar-refractivity contribution in [2.24, 2.45) is 0 Å². The summed E-state index contributed by atoms with van der Waals surface area (Å²) in [6.45, 7) is 1.62. The van der Waals surface area contributed by atoms with Crippen molar-refractivity contribution in [3.05, 3.63) is 76.2 Å². The van der Waals surface area contributed by atoms with Gasteiger partial charge in [-0.1, -0.05) is 18.2 Å². The molecule has 0 radical (unpaired) electrons. The minimum Gasteiger partial charge on any atom is -0.436 e. The highest BCUT2D eigenvalue weighted by Crippen LogP contribution is 2.40. The standard InChI is InChI=1S/C24H22F2N6O3/c1-15(32-11-10-24(25,26)18(14-32)17-6-8-21(33)28-13-17)23(34)29-20-7-9-22(31-30-20)35-19-5-3-2-4-16(19)12-27/h2-9,13,15,18H,10-11,14H2,1H3,(H,28,33)(H,29,30,34). The number of anilines is 1. The summed E-state index contributed by atoms with van der Waals surface area (Å²) >= 11 is 0. The van der Waals surface area contributed by atoms with Gasteiger partial charge in [-0.05, 0) is 30.7 Å². The van der Waals surface area contributed by atoms with Gasteiger partial charge in [-0.25, -0.2) is 8.78 Å². The van der Waals surface area contributed by atoms with Crippen LogP contribution < -0.4 is 15.6 Å². The fourth-order valence-electron chi connectivity index (χ4n) is 3.86. The van der Waals surface area contributed by atoms with Crippen molar-refractivity contribution in [2.45, 2.75) is 31.2 Å². The van der Waals surface area contributed by atoms with E-state index in [1.54, 1.807) is 36.1 Å². The number of pyridine rings is 1. The Balaban J connectivity index is 1.40. The maximum absolute atomic E-state index is 14.6. The fourth-order valence-corrected chi connectivity index (χ4v) is 3.86. The first-order valence-corrected chi connectivity index (χ1v) is 10.9. The largest absolute Gasteiger partial charge is 0.436 e. The summed E-state index contributed by atoms with van der Waals surface area (Å²) in [4.78, 5) is 28.2. The molecule has 3 aromatic rings. The lowest BCUT2D eigenvalue weighted by Crippen LogP contribution is -2.52. The number of carbonyl (C=O) groups excluding carboxylic acids is 1. The van der Waals surface area contributed by atoms with Gasteiger partial charge < -0.3 is 15.0 Å². The number of carbonyl (C=O) groups is 1. The first-order chi connectivity index (χ1) is 16.8. The minimum absolute atomic E-state index is 0.0399. The SMILES string of the molecule is CC(C(=O)Nc1ccc(Oc2ccccc2C#N)nn1)N1CCC(F)(F)C(c2ccc(=O)[nH]c2)C1. The molecule has 9 nitrogen and oxygen atoms in total. The summed E-state index contributed by atoms with van der Waals surface area (Å²) in [5, 5.41) is 19.6. The number of ether oxygens (including phenoxy) is 1. The molecule has 35 heavy (non-hydrogen) atoms. The van der Waals surface area contributed by atoms with E-state index >= 15 is 0 Å². The van der Waals surface area contributed by atoms with Crippen LogP contribution in [0.5, 0.6) is 11.6 Å². The molecule has 2 atom stereocenters. The molecule has 1 aromatic carbocycles. The Labute approximate surface area is 199 Å². The number of aromatic nitrogens is 3. The Hall–Kier alpha value is -4.17. The number of nitrogens with zero attached hydrogens (tertiary/aromatic N) is 4. The molecule has 0 spiro atoms. The first-order valence-electron chi connectivity index (χ1n) is 10.9. The molecule has 1 fully saturated rings. The zero-order chi connectivity index (χ0) is 25.0. The van der Waals surface area contributed by atoms with Gasteiger partial charge in [0.25, 0.3) is 5.92 Å². The Morgan fingerprint density at radius 3 is 2.74 bits per heavy atom. The van der Waals surface area contributed by atoms with Crippen molar-refractivity contribution in [3.63, 3.8) is 0 Å². The third kappa shape index (κ3) is 5.50. The molecule has 2 N–H and O–H groups in total. The van der Waals surface area contributed by atoms with Crippen LogP contribution >= 0.6 is 0 Å². The second-order valence-corrected chi connectivity index (χ2v) is 8.18. The maximum Gasteiger partial charge on any atom is 0.257 e. The Morgan fingerprint density at radius 2 is 2.06 bits per heavy atom. The van der Waals surface area contributed by atoms with E-state index in [1.807, 2.05) is 6.07 Å². The molecule has 180 valence electrons. The summed E-state index contributed by atoms with van der Waals surface area (Å²) < 4.78 is 34.8. The lowest BCUT2D eigenvalue weighted by molar-refractivity contribution is -0.125. The van der Waals surface area contributed by atoms with E-state index in [-0.39, 0.29) is 30.3 Å². The molecule has 4 rings (SSSR count). The van der Waals surface area contributed by atoms with E-state index < -0.39 is 30.2 Å². The van der Waals surface area contributed by atoms with Crippen molar-refractivity contribution >= 4 is 11.7 Å². The molecule has 3 heterocycles. The van der Waals surface area contributed by atoms with Gasteiger partial charge in [0.1, 0.15) is 11.8 Å². The highest BCUT2D eigenvalue weighted by molar-refractivity contribution is 5.93. The van der Waals surface area contributed by atoms with Gasteiger partial charge in [0, 0.05) is 37.8 Å². The zero-order valence-electron chi connectivity index (χ0n) is 18.7. The van der Waals surface area contributed by atoms with Gasteiger partial charge in [-0.3, -0.25) is 14.5 Å². The van der Waals surface area contributed by atoms with Crippen LogP contribution in [0.1, 0.15) is 30.4 Å². The number of alkyl halides is 2. The monoisotopic (exact) mass is 480 g/mol. The van der Waals surface area contributed by atoms with Crippen LogP contribution in [-0.2, 0) is 4.79 Å². The molecule has 1 aliphatic heterocycles. The van der Waals surface area contributed by atoms with Crippen molar-refractivity contribution in [3.8, 4) is 17.7 Å². The van der Waals surface area contributed by atoms with E-state index in [1.165, 1.54) is 30.5 Å². The van der Waals surface area contributed by atoms with Crippen LogP contribution in [0.3, 0.4) is 0 Å². The van der Waals surface area contributed by atoms with Crippen LogP contribution in [0, 0.1) is 11.3 Å². The summed E-state index contributed by atoms with van der Waals surface area (Å²) in [6, 6.07) is 13.6. The average molecular weight is 480 g/mol. The van der Waals surface area contributed by atoms with Crippen LogP contribution in [0.4, 0.5) is 14.6 Å². The van der Waals surface area contributed by atoms with Crippen molar-refractivity contribution < 1.29 is 18.3 Å². The van der Waals surface area contributed by atoms with Gasteiger partial charge in [0.15, 0.2) is 5.82 Å². The summed E-state index contributed by atoms with van der Waals surface area (Å²) in [5.74, 6) is -3.91. The van der Waals surface area contributed by atoms with E-state index in [0.717, 1.165) is 0 Å². The number of para-hydroxylation sites is 1. The molecule has 2 aromatic heterocycles. The number of likely N-dealkylation sites (tertiary alicyclic amines) is 1. The highest BCUT2D eigenvalue weighted by Gasteiger charge is 2.46. The van der Waals surface area contributed by atoms with Crippen LogP contribution in [0.2, 0.25) is 0 Å². The lowest BCUT2D eigenvalue weighted by atomic mass is 9.87. The predicted molar refractivity (Wildman–Crippen MR) is 122 cm³/mol. The van der Waals surface area contributed by atoms with Crippen LogP contribution in [-0.4, -0.2) is 51.0 Å². The van der Waals surface area contributed by atoms with Gasteiger partial charge in [0.05, 0.1) is 17.5 Å². The number of H-pyrrole nitrogens is 1. The number of rotatable bonds is 6. The molecular formula is C24H22F2N6O3. The molecule has 0 aliphatic carbocycles. The second kappa shape index (κ2) is 9.99. The number of hydrogen-bond donors (Lipinski definition) is 2. The minimum atomic E-state index is -2.96. The maximum atomic E-state index is 14.6. The Kier molecular flexibility index (Phi) is 6.84. The average Bonchev–Trinajstić information content (AvgIpc) is 2.85. The fraction of sp³-hybridized carbons (Fsp3) is 0.292. The Bertz CT molecular complexity index is 1290. The van der Waals surface area contributed by atoms with Crippen molar-refractivity contribution in [2.75, 3.05) is 18.4 Å². The third-order valence-electron chi connectivity index (χ3n) is 5.91. The first kappa shape index (κ1) is 24.0. The van der Waals surface area contributed by atoms with Gasteiger partial charge in [-0.15, -0.1) is 10.2 Å². The molecule has 1 amide bonds. The number of piperidine rings is 1. The summed E-state index contributed by atoms with van der Waals surface area (Å²) in [5.41, 5.74) is 0.281. The number of hydrogen-bond acceptors (Lipinski definition) is 7. The molecular weight excluding hydrogens is 458 g/mol. The van der Waals surface area contributed by atoms with Gasteiger partial charge in [0.2, 0.25) is 17.3 Å². The lowest BCUT2D eigenvalue weighted by Gasteiger charge is -2.40. The molecule has 1 saturated heterocycles. The molecule has 1 aliphatic rings. The smallest absolute Gasteiger partial charge is 0.257 e. The van der Waals surface area contributed by atoms with E-state index in [9.17, 15) is 18.4 Å². The number of benzene rings is 1. The van der Waals surface area contributed by atoms with Gasteiger partial charge >= 0.3 is 0 Å². The van der Waals surface area contributed by atoms with Crippen LogP contribution in [0.25, 0.3) is 0 Å². The molecule has 2 unspecified atom stereocenters. The van der Waals surface area contributed by atoms with Gasteiger partial charge in [-0.2, -0.15) is 5.26 Å². The number of nitriles is 1. The normalized spacial score (nSPS) is 18.3. The topological polar surface area (TPSA) is 124 Å². The number of halogens is 2. The molecule has 0 saturated carbocycles. The molecule has 11 heteroatoms. The third-order valence-corrected chi connectivity index (χ3v) is 5.91. The van der Waals surface area contributed by atoms with Crippen LogP contribution in [0.15, 0.2) is 59.5 Å². The second-order valence-electron chi connectivity index (χ2n) is 8.18. The molecule has 0 bridgehead atoms. The number of amides is 1. The highest BCUT2D eigenvalue weighted by atomic mass is 19.3. The van der Waals surface area contributed by atoms with Crippen molar-refractivity contribution in [1.29, 1.82) is 5.26 Å². The number of aromatic amines is 1. The van der Waals surface area contributed by atoms with Crippen molar-refractivity contribution in [1.82, 2.24) is 20.1 Å². The quantitative estimate of drug-likeness (QED) is 0.555. The summed E-state index contributed by atoms with van der Waals surface area (Å²) in [6.07, 6.45) is 0.883. The van der Waals surface area contributed by atoms with E-state index in [4.69, 9.17) is 10.00 Å². The Morgan fingerprint density at radius 1 is 1.26 bits per heavy atom. The number of nitrogens with one attached hydrogen (secondary N) is 2. The van der Waals surface area contributed by atoms with E-state index in [2.05, 4.69) is 20.5 Å². The zero-order valence-corrected chi connectivity index (χ0v) is 18.7. The summed E-state index contributed by atoms with van der Waals surface area (Å²) in [7, 11) is 0. The predicted octanol–water partition coefficient (Wildman–Crippen LogP) is 3.28. The van der Waals surface area contributed by atoms with E-state index in [0.29, 0.717) is 16.9 Å².